The molecule has 0 aliphatic rings. The fourth-order valence-electron chi connectivity index (χ4n) is 1.69. The number of hydrogen-bond donors (Lipinski definition) is 2. The van der Waals surface area contributed by atoms with Crippen LogP contribution in [0.5, 0.6) is 5.75 Å². The number of nitrogens with zero attached hydrogens (tertiary/aromatic N) is 1. The molecule has 2 N–H and O–H groups in total. The molecule has 3 heteroatoms. The molecule has 3 nitrogen and oxygen atoms in total. The third-order valence-electron chi connectivity index (χ3n) is 2.80. The van der Waals surface area contributed by atoms with Crippen LogP contribution in [0.3, 0.4) is 0 Å². The van der Waals surface area contributed by atoms with Gasteiger partial charge in [0.15, 0.2) is 0 Å². The van der Waals surface area contributed by atoms with Crippen molar-refractivity contribution in [3.05, 3.63) is 59.9 Å². The molecule has 0 fully saturated rings. The smallest absolute Gasteiger partial charge is 0.120 e. The van der Waals surface area contributed by atoms with Crippen LogP contribution in [0.4, 0.5) is 0 Å². The number of para-hydroxylation sites is 1. The highest BCUT2D eigenvalue weighted by atomic mass is 16.3. The minimum absolute atomic E-state index is 0.234. The van der Waals surface area contributed by atoms with Gasteiger partial charge in [0.1, 0.15) is 5.75 Å². The largest absolute Gasteiger partial charge is 0.508 e. The molecule has 0 aliphatic carbocycles. The molecule has 0 unspecified atom stereocenters. The van der Waals surface area contributed by atoms with Crippen LogP contribution in [0.25, 0.3) is 0 Å². The number of hydrogen-bond acceptors (Lipinski definition) is 3. The second kappa shape index (κ2) is 5.46. The molecule has 0 amide bonds. The van der Waals surface area contributed by atoms with Crippen molar-refractivity contribution >= 4 is 0 Å². The van der Waals surface area contributed by atoms with Gasteiger partial charge in [0.05, 0.1) is 0 Å². The summed E-state index contributed by atoms with van der Waals surface area (Å²) in [5.74, 6) is 0.335. The zero-order chi connectivity index (χ0) is 12.1. The van der Waals surface area contributed by atoms with Crippen molar-refractivity contribution in [3.8, 4) is 5.75 Å². The number of aromatic nitrogens is 1. The van der Waals surface area contributed by atoms with Crippen LogP contribution in [0, 0.1) is 0 Å². The summed E-state index contributed by atoms with van der Waals surface area (Å²) in [6.07, 6.45) is 3.57. The van der Waals surface area contributed by atoms with Gasteiger partial charge in [-0.05, 0) is 30.7 Å². The molecule has 2 rings (SSSR count). The van der Waals surface area contributed by atoms with Crippen molar-refractivity contribution in [1.29, 1.82) is 0 Å². The normalized spacial score (nSPS) is 12.3. The number of phenols is 1. The number of rotatable bonds is 4. The average molecular weight is 228 g/mol. The Hall–Kier alpha value is -1.87. The van der Waals surface area contributed by atoms with E-state index in [1.54, 1.807) is 18.5 Å². The summed E-state index contributed by atoms with van der Waals surface area (Å²) in [6.45, 7) is 2.74. The Morgan fingerprint density at radius 2 is 1.88 bits per heavy atom. The predicted molar refractivity (Wildman–Crippen MR) is 67.6 cm³/mol. The second-order valence-electron chi connectivity index (χ2n) is 4.01. The van der Waals surface area contributed by atoms with Gasteiger partial charge in [-0.1, -0.05) is 18.2 Å². The van der Waals surface area contributed by atoms with Gasteiger partial charge < -0.3 is 10.4 Å². The SMILES string of the molecule is C[C@@H](NCc1ccccc1O)c1ccncc1. The zero-order valence-electron chi connectivity index (χ0n) is 9.80. The Bertz CT molecular complexity index is 471. The van der Waals surface area contributed by atoms with Gasteiger partial charge in [-0.25, -0.2) is 0 Å². The van der Waals surface area contributed by atoms with Crippen LogP contribution in [-0.2, 0) is 6.54 Å². The molecule has 1 atom stereocenters. The molecule has 0 saturated heterocycles. The van der Waals surface area contributed by atoms with Crippen molar-refractivity contribution in [2.75, 3.05) is 0 Å². The highest BCUT2D eigenvalue weighted by Gasteiger charge is 2.05. The Balaban J connectivity index is 1.97. The molecule has 17 heavy (non-hydrogen) atoms. The van der Waals surface area contributed by atoms with Crippen LogP contribution in [-0.4, -0.2) is 10.1 Å². The first-order valence-corrected chi connectivity index (χ1v) is 5.67. The molecule has 0 bridgehead atoms. The van der Waals surface area contributed by atoms with Crippen molar-refractivity contribution in [1.82, 2.24) is 10.3 Å². The molecule has 1 heterocycles. The molecule has 1 aromatic carbocycles. The maximum atomic E-state index is 9.64. The molecule has 0 aliphatic heterocycles. The Morgan fingerprint density at radius 1 is 1.18 bits per heavy atom. The fraction of sp³-hybridized carbons (Fsp3) is 0.214. The van der Waals surface area contributed by atoms with Crippen molar-refractivity contribution in [3.63, 3.8) is 0 Å². The number of pyridine rings is 1. The van der Waals surface area contributed by atoms with E-state index < -0.39 is 0 Å². The average Bonchev–Trinajstić information content (AvgIpc) is 2.38. The van der Waals surface area contributed by atoms with Gasteiger partial charge in [0.25, 0.3) is 0 Å². The first kappa shape index (κ1) is 11.6. The van der Waals surface area contributed by atoms with E-state index >= 15 is 0 Å². The number of aromatic hydroxyl groups is 1. The minimum Gasteiger partial charge on any atom is -0.508 e. The van der Waals surface area contributed by atoms with E-state index in [0.717, 1.165) is 5.56 Å². The van der Waals surface area contributed by atoms with Gasteiger partial charge in [-0.3, -0.25) is 4.98 Å². The van der Waals surface area contributed by atoms with Crippen molar-refractivity contribution < 1.29 is 5.11 Å². The van der Waals surface area contributed by atoms with E-state index in [1.807, 2.05) is 30.3 Å². The lowest BCUT2D eigenvalue weighted by Crippen LogP contribution is -2.18. The van der Waals surface area contributed by atoms with Gasteiger partial charge in [-0.15, -0.1) is 0 Å². The lowest BCUT2D eigenvalue weighted by molar-refractivity contribution is 0.460. The lowest BCUT2D eigenvalue weighted by Gasteiger charge is -2.14. The van der Waals surface area contributed by atoms with Crippen molar-refractivity contribution in [2.45, 2.75) is 19.5 Å². The van der Waals surface area contributed by atoms with Gasteiger partial charge >= 0.3 is 0 Å². The van der Waals surface area contributed by atoms with E-state index in [1.165, 1.54) is 5.56 Å². The van der Waals surface area contributed by atoms with Crippen LogP contribution >= 0.6 is 0 Å². The third-order valence-corrected chi connectivity index (χ3v) is 2.80. The third kappa shape index (κ3) is 3.04. The monoisotopic (exact) mass is 228 g/mol. The first-order chi connectivity index (χ1) is 8.27. The van der Waals surface area contributed by atoms with Crippen molar-refractivity contribution in [2.24, 2.45) is 0 Å². The standard InChI is InChI=1S/C14H16N2O/c1-11(12-6-8-15-9-7-12)16-10-13-4-2-3-5-14(13)17/h2-9,11,16-17H,10H2,1H3/t11-/m1/s1. The molecule has 0 radical (unpaired) electrons. The van der Waals surface area contributed by atoms with Gasteiger partial charge in [0, 0.05) is 30.5 Å². The summed E-state index contributed by atoms with van der Waals surface area (Å²) in [7, 11) is 0. The molecule has 0 saturated carbocycles. The van der Waals surface area contributed by atoms with E-state index in [-0.39, 0.29) is 6.04 Å². The van der Waals surface area contributed by atoms with Gasteiger partial charge in [-0.2, -0.15) is 0 Å². The maximum absolute atomic E-state index is 9.64. The van der Waals surface area contributed by atoms with E-state index in [4.69, 9.17) is 0 Å². The Morgan fingerprint density at radius 3 is 2.59 bits per heavy atom. The number of benzene rings is 1. The Labute approximate surface area is 101 Å². The molecular weight excluding hydrogens is 212 g/mol. The van der Waals surface area contributed by atoms with Crippen LogP contribution < -0.4 is 5.32 Å². The van der Waals surface area contributed by atoms with Crippen LogP contribution in [0.2, 0.25) is 0 Å². The summed E-state index contributed by atoms with van der Waals surface area (Å²) >= 11 is 0. The highest BCUT2D eigenvalue weighted by molar-refractivity contribution is 5.31. The summed E-state index contributed by atoms with van der Waals surface area (Å²) in [6, 6.07) is 11.6. The molecule has 0 spiro atoms. The second-order valence-corrected chi connectivity index (χ2v) is 4.01. The summed E-state index contributed by atoms with van der Waals surface area (Å²) in [5.41, 5.74) is 2.10. The number of nitrogens with one attached hydrogen (secondary N) is 1. The number of phenolic OH excluding ortho intramolecular Hbond substituents is 1. The summed E-state index contributed by atoms with van der Waals surface area (Å²) < 4.78 is 0. The van der Waals surface area contributed by atoms with Gasteiger partial charge in [0.2, 0.25) is 0 Å². The molecular formula is C14H16N2O. The summed E-state index contributed by atoms with van der Waals surface area (Å²) in [5, 5.41) is 13.0. The van der Waals surface area contributed by atoms with Crippen LogP contribution in [0.15, 0.2) is 48.8 Å². The lowest BCUT2D eigenvalue weighted by atomic mass is 10.1. The predicted octanol–water partition coefficient (Wildman–Crippen LogP) is 2.64. The first-order valence-electron chi connectivity index (χ1n) is 5.67. The topological polar surface area (TPSA) is 45.1 Å². The minimum atomic E-state index is 0.234. The van der Waals surface area contributed by atoms with E-state index in [9.17, 15) is 5.11 Å². The molecule has 88 valence electrons. The zero-order valence-corrected chi connectivity index (χ0v) is 9.80. The maximum Gasteiger partial charge on any atom is 0.120 e. The van der Waals surface area contributed by atoms with E-state index in [0.29, 0.717) is 12.3 Å². The fourth-order valence-corrected chi connectivity index (χ4v) is 1.69. The molecule has 2 aromatic rings. The van der Waals surface area contributed by atoms with E-state index in [2.05, 4.69) is 17.2 Å². The quantitative estimate of drug-likeness (QED) is 0.845. The van der Waals surface area contributed by atoms with Crippen LogP contribution in [0.1, 0.15) is 24.1 Å². The summed E-state index contributed by atoms with van der Waals surface area (Å²) in [4.78, 5) is 3.99. The molecule has 1 aromatic heterocycles. The highest BCUT2D eigenvalue weighted by Crippen LogP contribution is 2.17. The Kier molecular flexibility index (Phi) is 3.73.